The van der Waals surface area contributed by atoms with Gasteiger partial charge in [-0.05, 0) is 60.2 Å². The third kappa shape index (κ3) is 5.27. The predicted octanol–water partition coefficient (Wildman–Crippen LogP) is 6.00. The van der Waals surface area contributed by atoms with E-state index < -0.39 is 17.8 Å². The highest BCUT2D eigenvalue weighted by atomic mass is 79.9. The maximum absolute atomic E-state index is 12.9. The summed E-state index contributed by atoms with van der Waals surface area (Å²) in [4.78, 5) is 38.5. The van der Waals surface area contributed by atoms with Crippen molar-refractivity contribution < 1.29 is 19.1 Å². The number of urea groups is 1. The Kier molecular flexibility index (Phi) is 6.83. The lowest BCUT2D eigenvalue weighted by Gasteiger charge is -2.26. The molecule has 6 nitrogen and oxygen atoms in total. The molecule has 0 unspecified atom stereocenters. The maximum atomic E-state index is 12.9. The molecule has 166 valence electrons. The van der Waals surface area contributed by atoms with E-state index in [0.29, 0.717) is 27.0 Å². The van der Waals surface area contributed by atoms with Crippen molar-refractivity contribution in [2.75, 3.05) is 4.90 Å². The minimum absolute atomic E-state index is 0.154. The fraction of sp³-hybridized carbons (Fsp3) is 0.0417. The number of nitrogens with zero attached hydrogens (tertiary/aromatic N) is 1. The van der Waals surface area contributed by atoms with Gasteiger partial charge in [-0.25, -0.2) is 9.69 Å². The van der Waals surface area contributed by atoms with E-state index in [9.17, 15) is 14.4 Å². The summed E-state index contributed by atoms with van der Waals surface area (Å²) in [5.74, 6) is -0.880. The van der Waals surface area contributed by atoms with Crippen LogP contribution in [0, 0.1) is 0 Å². The number of carbonyl (C=O) groups excluding carboxylic acids is 3. The topological polar surface area (TPSA) is 75.7 Å². The van der Waals surface area contributed by atoms with E-state index >= 15 is 0 Å². The zero-order valence-corrected chi connectivity index (χ0v) is 19.9. The lowest BCUT2D eigenvalue weighted by Crippen LogP contribution is -2.54. The van der Waals surface area contributed by atoms with Crippen LogP contribution in [0.2, 0.25) is 10.0 Å². The van der Waals surface area contributed by atoms with Crippen molar-refractivity contribution in [3.63, 3.8) is 0 Å². The van der Waals surface area contributed by atoms with Crippen molar-refractivity contribution in [1.29, 1.82) is 0 Å². The highest BCUT2D eigenvalue weighted by molar-refractivity contribution is 9.10. The van der Waals surface area contributed by atoms with Crippen molar-refractivity contribution in [3.05, 3.63) is 97.9 Å². The van der Waals surface area contributed by atoms with Crippen LogP contribution < -0.4 is 15.0 Å². The van der Waals surface area contributed by atoms with Gasteiger partial charge in [-0.3, -0.25) is 14.9 Å². The van der Waals surface area contributed by atoms with Gasteiger partial charge in [0.2, 0.25) is 0 Å². The summed E-state index contributed by atoms with van der Waals surface area (Å²) in [6.45, 7) is 0.252. The number of imide groups is 2. The van der Waals surface area contributed by atoms with Crippen LogP contribution in [0.4, 0.5) is 10.5 Å². The predicted molar refractivity (Wildman–Crippen MR) is 130 cm³/mol. The van der Waals surface area contributed by atoms with E-state index in [0.717, 1.165) is 14.9 Å². The number of benzene rings is 3. The molecular weight excluding hydrogens is 531 g/mol. The first-order chi connectivity index (χ1) is 15.8. The number of amides is 4. The maximum Gasteiger partial charge on any atom is 0.335 e. The van der Waals surface area contributed by atoms with Crippen molar-refractivity contribution in [2.45, 2.75) is 6.61 Å². The molecule has 1 N–H and O–H groups in total. The molecule has 1 heterocycles. The van der Waals surface area contributed by atoms with Crippen molar-refractivity contribution >= 4 is 68.7 Å². The van der Waals surface area contributed by atoms with Crippen molar-refractivity contribution in [2.24, 2.45) is 0 Å². The average molecular weight is 546 g/mol. The van der Waals surface area contributed by atoms with E-state index in [1.807, 2.05) is 0 Å². The molecule has 33 heavy (non-hydrogen) atoms. The second kappa shape index (κ2) is 9.79. The minimum atomic E-state index is -0.797. The van der Waals surface area contributed by atoms with E-state index in [2.05, 4.69) is 21.2 Å². The fourth-order valence-corrected chi connectivity index (χ4v) is 3.84. The number of nitrogens with one attached hydrogen (secondary N) is 1. The Hall–Kier alpha value is -3.13. The van der Waals surface area contributed by atoms with Gasteiger partial charge in [-0.15, -0.1) is 0 Å². The van der Waals surface area contributed by atoms with Gasteiger partial charge >= 0.3 is 6.03 Å². The number of barbiturate groups is 1. The first-order valence-corrected chi connectivity index (χ1v) is 11.2. The van der Waals surface area contributed by atoms with E-state index in [1.54, 1.807) is 66.7 Å². The van der Waals surface area contributed by atoms with Crippen LogP contribution in [-0.2, 0) is 16.2 Å². The molecule has 1 saturated heterocycles. The summed E-state index contributed by atoms with van der Waals surface area (Å²) < 4.78 is 6.54. The van der Waals surface area contributed by atoms with Crippen LogP contribution in [0.3, 0.4) is 0 Å². The molecule has 1 fully saturated rings. The molecule has 3 aromatic rings. The monoisotopic (exact) mass is 544 g/mol. The molecule has 0 spiro atoms. The third-order valence-corrected chi connectivity index (χ3v) is 5.90. The van der Waals surface area contributed by atoms with Gasteiger partial charge in [0.15, 0.2) is 0 Å². The standard InChI is InChI=1S/C24H15BrCl2N2O4/c25-16-4-7-18(8-5-16)29-23(31)20(22(30)28-24(29)32)11-14-1-9-19(10-2-14)33-13-15-3-6-17(26)12-21(15)27/h1-12H,13H2,(H,28,30,32). The van der Waals surface area contributed by atoms with E-state index in [1.165, 1.54) is 6.08 Å². The number of anilines is 1. The Labute approximate surface area is 207 Å². The van der Waals surface area contributed by atoms with Gasteiger partial charge in [0.25, 0.3) is 11.8 Å². The Morgan fingerprint density at radius 1 is 0.939 bits per heavy atom. The molecule has 9 heteroatoms. The summed E-state index contributed by atoms with van der Waals surface area (Å²) in [7, 11) is 0. The highest BCUT2D eigenvalue weighted by Gasteiger charge is 2.36. The number of hydrogen-bond donors (Lipinski definition) is 1. The van der Waals surface area contributed by atoms with Crippen LogP contribution in [-0.4, -0.2) is 17.8 Å². The molecular formula is C24H15BrCl2N2O4. The summed E-state index contributed by atoms with van der Waals surface area (Å²) in [6, 6.07) is 17.8. The summed E-state index contributed by atoms with van der Waals surface area (Å²) in [5.41, 5.74) is 1.58. The van der Waals surface area contributed by atoms with Crippen molar-refractivity contribution in [1.82, 2.24) is 5.32 Å². The zero-order chi connectivity index (χ0) is 23.5. The van der Waals surface area contributed by atoms with Gasteiger partial charge < -0.3 is 4.74 Å². The summed E-state index contributed by atoms with van der Waals surface area (Å²) in [6.07, 6.45) is 1.43. The normalized spacial score (nSPS) is 15.1. The molecule has 0 aliphatic carbocycles. The molecule has 4 amide bonds. The number of ether oxygens (including phenoxy) is 1. The molecule has 0 atom stereocenters. The Balaban J connectivity index is 1.51. The number of rotatable bonds is 5. The van der Waals surface area contributed by atoms with E-state index in [-0.39, 0.29) is 12.2 Å². The lowest BCUT2D eigenvalue weighted by molar-refractivity contribution is -0.122. The minimum Gasteiger partial charge on any atom is -0.489 e. The van der Waals surface area contributed by atoms with Gasteiger partial charge in [0, 0.05) is 20.1 Å². The van der Waals surface area contributed by atoms with Gasteiger partial charge in [0.1, 0.15) is 17.9 Å². The molecule has 1 aliphatic heterocycles. The first-order valence-electron chi connectivity index (χ1n) is 9.65. The average Bonchev–Trinajstić information content (AvgIpc) is 2.78. The van der Waals surface area contributed by atoms with Crippen molar-refractivity contribution in [3.8, 4) is 5.75 Å². The molecule has 0 aromatic heterocycles. The third-order valence-electron chi connectivity index (χ3n) is 4.79. The molecule has 1 aliphatic rings. The van der Waals surface area contributed by atoms with Crippen LogP contribution in [0.25, 0.3) is 6.08 Å². The highest BCUT2D eigenvalue weighted by Crippen LogP contribution is 2.25. The molecule has 4 rings (SSSR count). The second-order valence-corrected chi connectivity index (χ2v) is 8.79. The molecule has 3 aromatic carbocycles. The Morgan fingerprint density at radius 3 is 2.30 bits per heavy atom. The Morgan fingerprint density at radius 2 is 1.64 bits per heavy atom. The quantitative estimate of drug-likeness (QED) is 0.315. The van der Waals surface area contributed by atoms with Gasteiger partial charge in [0.05, 0.1) is 5.69 Å². The first kappa shape index (κ1) is 23.0. The Bertz CT molecular complexity index is 1270. The largest absolute Gasteiger partial charge is 0.489 e. The molecule has 0 radical (unpaired) electrons. The van der Waals surface area contributed by atoms with Crippen LogP contribution in [0.1, 0.15) is 11.1 Å². The van der Waals surface area contributed by atoms with Gasteiger partial charge in [-0.1, -0.05) is 57.3 Å². The van der Waals surface area contributed by atoms with E-state index in [4.69, 9.17) is 27.9 Å². The fourth-order valence-electron chi connectivity index (χ4n) is 3.11. The summed E-state index contributed by atoms with van der Waals surface area (Å²) in [5, 5.41) is 3.26. The number of hydrogen-bond acceptors (Lipinski definition) is 4. The smallest absolute Gasteiger partial charge is 0.335 e. The zero-order valence-electron chi connectivity index (χ0n) is 16.8. The lowest BCUT2D eigenvalue weighted by atomic mass is 10.1. The van der Waals surface area contributed by atoms with Crippen LogP contribution in [0.5, 0.6) is 5.75 Å². The molecule has 0 saturated carbocycles. The number of carbonyl (C=O) groups is 3. The number of halogens is 3. The van der Waals surface area contributed by atoms with Crippen LogP contribution in [0.15, 0.2) is 76.8 Å². The van der Waals surface area contributed by atoms with Crippen LogP contribution >= 0.6 is 39.1 Å². The SMILES string of the molecule is O=C1NC(=O)N(c2ccc(Br)cc2)C(=O)C1=Cc1ccc(OCc2ccc(Cl)cc2Cl)cc1. The summed E-state index contributed by atoms with van der Waals surface area (Å²) >= 11 is 15.4. The molecule has 0 bridgehead atoms. The van der Waals surface area contributed by atoms with Gasteiger partial charge in [-0.2, -0.15) is 0 Å². The second-order valence-electron chi connectivity index (χ2n) is 7.03.